The molecule has 0 radical (unpaired) electrons. The molecule has 0 bridgehead atoms. The van der Waals surface area contributed by atoms with Crippen LogP contribution in [-0.4, -0.2) is 17.4 Å². The quantitative estimate of drug-likeness (QED) is 0.732. The lowest BCUT2D eigenvalue weighted by Crippen LogP contribution is -2.57. The maximum absolute atomic E-state index is 12.7. The maximum Gasteiger partial charge on any atom is 0.250 e. The second kappa shape index (κ2) is 6.96. The van der Waals surface area contributed by atoms with Crippen molar-refractivity contribution in [3.8, 4) is 0 Å². The number of hydrogen-bond donors (Lipinski definition) is 2. The summed E-state index contributed by atoms with van der Waals surface area (Å²) in [4.78, 5) is 24.1. The second-order valence-electron chi connectivity index (χ2n) is 5.40. The summed E-state index contributed by atoms with van der Waals surface area (Å²) in [6, 6.07) is 5.46. The highest BCUT2D eigenvalue weighted by Crippen LogP contribution is 2.31. The third-order valence-electron chi connectivity index (χ3n) is 3.74. The van der Waals surface area contributed by atoms with Crippen molar-refractivity contribution < 1.29 is 9.59 Å². The molecule has 1 aromatic rings. The predicted octanol–water partition coefficient (Wildman–Crippen LogP) is 3.72. The van der Waals surface area contributed by atoms with E-state index in [0.29, 0.717) is 23.6 Å². The first-order valence-corrected chi connectivity index (χ1v) is 8.44. The SMILES string of the molecule is CC(=O)NC1(C(=O)Nc2ccc(I)cc2Cl)CCCCC1. The molecule has 21 heavy (non-hydrogen) atoms. The first-order valence-electron chi connectivity index (χ1n) is 6.98. The first kappa shape index (κ1) is 16.5. The topological polar surface area (TPSA) is 58.2 Å². The summed E-state index contributed by atoms with van der Waals surface area (Å²) in [7, 11) is 0. The van der Waals surface area contributed by atoms with E-state index in [9.17, 15) is 9.59 Å². The average molecular weight is 421 g/mol. The highest BCUT2D eigenvalue weighted by molar-refractivity contribution is 14.1. The molecule has 1 saturated carbocycles. The molecule has 0 heterocycles. The lowest BCUT2D eigenvalue weighted by Gasteiger charge is -2.36. The molecular weight excluding hydrogens is 403 g/mol. The van der Waals surface area contributed by atoms with Crippen LogP contribution in [0.2, 0.25) is 5.02 Å². The average Bonchev–Trinajstić information content (AvgIpc) is 2.42. The largest absolute Gasteiger partial charge is 0.342 e. The second-order valence-corrected chi connectivity index (χ2v) is 7.06. The minimum atomic E-state index is -0.809. The fraction of sp³-hybridized carbons (Fsp3) is 0.467. The van der Waals surface area contributed by atoms with Crippen LogP contribution in [0.5, 0.6) is 0 Å². The molecular formula is C15H18ClIN2O2. The fourth-order valence-corrected chi connectivity index (χ4v) is 3.64. The van der Waals surface area contributed by atoms with Gasteiger partial charge in [0.1, 0.15) is 5.54 Å². The van der Waals surface area contributed by atoms with E-state index >= 15 is 0 Å². The van der Waals surface area contributed by atoms with Gasteiger partial charge >= 0.3 is 0 Å². The van der Waals surface area contributed by atoms with Crippen LogP contribution in [0.25, 0.3) is 0 Å². The van der Waals surface area contributed by atoms with E-state index in [1.165, 1.54) is 6.92 Å². The number of hydrogen-bond acceptors (Lipinski definition) is 2. The number of nitrogens with one attached hydrogen (secondary N) is 2. The fourth-order valence-electron chi connectivity index (χ4n) is 2.73. The van der Waals surface area contributed by atoms with Crippen LogP contribution < -0.4 is 10.6 Å². The smallest absolute Gasteiger partial charge is 0.250 e. The normalized spacial score (nSPS) is 17.1. The van der Waals surface area contributed by atoms with E-state index in [1.807, 2.05) is 6.07 Å². The van der Waals surface area contributed by atoms with E-state index in [-0.39, 0.29) is 11.8 Å². The van der Waals surface area contributed by atoms with Gasteiger partial charge in [-0.05, 0) is 53.6 Å². The van der Waals surface area contributed by atoms with Gasteiger partial charge in [0.05, 0.1) is 10.7 Å². The van der Waals surface area contributed by atoms with Gasteiger partial charge in [0, 0.05) is 10.5 Å². The number of benzene rings is 1. The summed E-state index contributed by atoms with van der Waals surface area (Å²) in [5.41, 5.74) is -0.228. The number of rotatable bonds is 3. The third-order valence-corrected chi connectivity index (χ3v) is 4.72. The van der Waals surface area contributed by atoms with Crippen LogP contribution in [0.15, 0.2) is 18.2 Å². The number of amides is 2. The molecule has 6 heteroatoms. The minimum Gasteiger partial charge on any atom is -0.342 e. The van der Waals surface area contributed by atoms with E-state index in [1.54, 1.807) is 12.1 Å². The molecule has 1 aromatic carbocycles. The molecule has 2 rings (SSSR count). The van der Waals surface area contributed by atoms with Gasteiger partial charge in [-0.15, -0.1) is 0 Å². The van der Waals surface area contributed by atoms with Crippen molar-refractivity contribution in [2.45, 2.75) is 44.6 Å². The highest BCUT2D eigenvalue weighted by atomic mass is 127. The Morgan fingerprint density at radius 1 is 1.24 bits per heavy atom. The van der Waals surface area contributed by atoms with E-state index in [2.05, 4.69) is 33.2 Å². The lowest BCUT2D eigenvalue weighted by atomic mass is 9.80. The molecule has 0 unspecified atom stereocenters. The standard InChI is InChI=1S/C15H18ClIN2O2/c1-10(20)19-15(7-3-2-4-8-15)14(21)18-13-6-5-11(17)9-12(13)16/h5-6,9H,2-4,7-8H2,1H3,(H,18,21)(H,19,20). The Morgan fingerprint density at radius 2 is 1.90 bits per heavy atom. The highest BCUT2D eigenvalue weighted by Gasteiger charge is 2.40. The summed E-state index contributed by atoms with van der Waals surface area (Å²) >= 11 is 8.32. The van der Waals surface area contributed by atoms with Gasteiger partial charge in [0.2, 0.25) is 11.8 Å². The zero-order valence-electron chi connectivity index (χ0n) is 11.8. The van der Waals surface area contributed by atoms with Crippen LogP contribution >= 0.6 is 34.2 Å². The number of carbonyl (C=O) groups is 2. The molecule has 2 N–H and O–H groups in total. The Kier molecular flexibility index (Phi) is 5.48. The van der Waals surface area contributed by atoms with E-state index in [0.717, 1.165) is 22.8 Å². The molecule has 2 amide bonds. The Balaban J connectivity index is 2.20. The summed E-state index contributed by atoms with van der Waals surface area (Å²) < 4.78 is 1.00. The van der Waals surface area contributed by atoms with E-state index < -0.39 is 5.54 Å². The Bertz CT molecular complexity index is 557. The van der Waals surface area contributed by atoms with Crippen LogP contribution in [0.3, 0.4) is 0 Å². The first-order chi connectivity index (χ1) is 9.93. The van der Waals surface area contributed by atoms with Crippen LogP contribution in [0.4, 0.5) is 5.69 Å². The Hall–Kier alpha value is -0.820. The van der Waals surface area contributed by atoms with Crippen LogP contribution in [-0.2, 0) is 9.59 Å². The van der Waals surface area contributed by atoms with Gasteiger partial charge in [-0.25, -0.2) is 0 Å². The van der Waals surface area contributed by atoms with Crippen molar-refractivity contribution in [1.82, 2.24) is 5.32 Å². The Labute approximate surface area is 143 Å². The van der Waals surface area contributed by atoms with Gasteiger partial charge < -0.3 is 10.6 Å². The molecule has 0 aromatic heterocycles. The van der Waals surface area contributed by atoms with Crippen molar-refractivity contribution in [3.63, 3.8) is 0 Å². The summed E-state index contributed by atoms with van der Waals surface area (Å²) in [5, 5.41) is 6.22. The van der Waals surface area contributed by atoms with Gasteiger partial charge in [-0.1, -0.05) is 30.9 Å². The van der Waals surface area contributed by atoms with Crippen molar-refractivity contribution in [2.24, 2.45) is 0 Å². The summed E-state index contributed by atoms with van der Waals surface area (Å²) in [6.45, 7) is 1.45. The summed E-state index contributed by atoms with van der Waals surface area (Å²) in [5.74, 6) is -0.360. The molecule has 0 spiro atoms. The summed E-state index contributed by atoms with van der Waals surface area (Å²) in [6.07, 6.45) is 4.31. The minimum absolute atomic E-state index is 0.180. The molecule has 1 fully saturated rings. The van der Waals surface area contributed by atoms with E-state index in [4.69, 9.17) is 11.6 Å². The zero-order valence-corrected chi connectivity index (χ0v) is 14.8. The van der Waals surface area contributed by atoms with Crippen molar-refractivity contribution in [1.29, 1.82) is 0 Å². The maximum atomic E-state index is 12.7. The number of halogens is 2. The molecule has 0 saturated heterocycles. The molecule has 1 aliphatic rings. The van der Waals surface area contributed by atoms with Gasteiger partial charge in [0.15, 0.2) is 0 Å². The molecule has 0 aliphatic heterocycles. The van der Waals surface area contributed by atoms with Gasteiger partial charge in [-0.3, -0.25) is 9.59 Å². The molecule has 4 nitrogen and oxygen atoms in total. The van der Waals surface area contributed by atoms with Crippen molar-refractivity contribution in [2.75, 3.05) is 5.32 Å². The predicted molar refractivity (Wildman–Crippen MR) is 92.4 cm³/mol. The van der Waals surface area contributed by atoms with Crippen LogP contribution in [0.1, 0.15) is 39.0 Å². The molecule has 114 valence electrons. The Morgan fingerprint density at radius 3 is 2.48 bits per heavy atom. The lowest BCUT2D eigenvalue weighted by molar-refractivity contribution is -0.130. The molecule has 0 atom stereocenters. The zero-order chi connectivity index (χ0) is 15.5. The van der Waals surface area contributed by atoms with Crippen molar-refractivity contribution >= 4 is 51.7 Å². The monoisotopic (exact) mass is 420 g/mol. The van der Waals surface area contributed by atoms with Crippen LogP contribution in [0, 0.1) is 3.57 Å². The third kappa shape index (κ3) is 4.10. The van der Waals surface area contributed by atoms with Gasteiger partial charge in [0.25, 0.3) is 0 Å². The number of carbonyl (C=O) groups excluding carboxylic acids is 2. The van der Waals surface area contributed by atoms with Gasteiger partial charge in [-0.2, -0.15) is 0 Å². The number of anilines is 1. The van der Waals surface area contributed by atoms with Crippen molar-refractivity contribution in [3.05, 3.63) is 26.8 Å². The molecule has 1 aliphatic carbocycles.